The van der Waals surface area contributed by atoms with Crippen LogP contribution in [0.3, 0.4) is 0 Å². The topological polar surface area (TPSA) is 79.5 Å². The summed E-state index contributed by atoms with van der Waals surface area (Å²) in [5.41, 5.74) is 2.46. The minimum Gasteiger partial charge on any atom is -0.489 e. The maximum absolute atomic E-state index is 13.7. The van der Waals surface area contributed by atoms with Crippen molar-refractivity contribution in [2.24, 2.45) is 5.92 Å². The molecule has 1 aromatic heterocycles. The van der Waals surface area contributed by atoms with E-state index in [9.17, 15) is 14.4 Å². The van der Waals surface area contributed by atoms with Crippen molar-refractivity contribution >= 4 is 40.6 Å². The van der Waals surface area contributed by atoms with Crippen molar-refractivity contribution in [1.29, 1.82) is 0 Å². The number of nitrogens with one attached hydrogen (secondary N) is 1. The molecule has 0 saturated carbocycles. The van der Waals surface area contributed by atoms with E-state index in [1.165, 1.54) is 16.7 Å². The second kappa shape index (κ2) is 8.87. The number of amides is 2. The Bertz CT molecular complexity index is 1470. The Morgan fingerprint density at radius 2 is 1.60 bits per heavy atom. The van der Waals surface area contributed by atoms with Gasteiger partial charge >= 0.3 is 4.87 Å². The quantitative estimate of drug-likeness (QED) is 0.398. The van der Waals surface area contributed by atoms with Crippen LogP contribution in [0.2, 0.25) is 0 Å². The first-order chi connectivity index (χ1) is 17.1. The number of thiazole rings is 1. The fourth-order valence-electron chi connectivity index (χ4n) is 4.75. The highest BCUT2D eigenvalue weighted by molar-refractivity contribution is 8.00. The van der Waals surface area contributed by atoms with Crippen molar-refractivity contribution in [3.63, 3.8) is 0 Å². The molecule has 174 valence electrons. The number of hydrogen-bond acceptors (Lipinski definition) is 6. The van der Waals surface area contributed by atoms with Crippen molar-refractivity contribution in [3.8, 4) is 5.75 Å². The third kappa shape index (κ3) is 3.88. The summed E-state index contributed by atoms with van der Waals surface area (Å²) < 4.78 is 6.03. The summed E-state index contributed by atoms with van der Waals surface area (Å²) in [6.07, 6.45) is 0. The van der Waals surface area contributed by atoms with Crippen LogP contribution in [-0.4, -0.2) is 22.0 Å². The maximum Gasteiger partial charge on any atom is 0.305 e. The summed E-state index contributed by atoms with van der Waals surface area (Å²) >= 11 is 2.38. The summed E-state index contributed by atoms with van der Waals surface area (Å²) in [5, 5.41) is 0.0530. The number of fused-ring (bicyclic) bond motifs is 2. The second-order valence-electron chi connectivity index (χ2n) is 8.44. The first-order valence-corrected chi connectivity index (χ1v) is 12.9. The predicted molar refractivity (Wildman–Crippen MR) is 136 cm³/mol. The summed E-state index contributed by atoms with van der Waals surface area (Å²) in [6.45, 7) is 0.415. The van der Waals surface area contributed by atoms with Crippen molar-refractivity contribution in [1.82, 2.24) is 4.98 Å². The molecule has 0 radical (unpaired) electrons. The van der Waals surface area contributed by atoms with Crippen LogP contribution in [0.1, 0.15) is 21.9 Å². The van der Waals surface area contributed by atoms with Gasteiger partial charge in [0.1, 0.15) is 17.6 Å². The van der Waals surface area contributed by atoms with E-state index in [1.807, 2.05) is 72.8 Å². The minimum absolute atomic E-state index is 0.191. The minimum atomic E-state index is -0.615. The third-order valence-electron chi connectivity index (χ3n) is 6.30. The standard InChI is InChI=1S/C27H20N2O4S2/c30-25-21-20(17-10-7-13-19(14-17)33-15-16-8-3-1-4-9-16)22-24(28-27(32)35-22)34-23(21)26(31)29(25)18-11-5-2-6-12-18/h1-14,20-21,23H,15H2,(H,28,32)/t20-,21-,23+/m0/s1. The smallest absolute Gasteiger partial charge is 0.305 e. The van der Waals surface area contributed by atoms with Crippen LogP contribution in [0, 0.1) is 5.92 Å². The molecule has 2 amide bonds. The van der Waals surface area contributed by atoms with Gasteiger partial charge < -0.3 is 9.72 Å². The number of carbonyl (C=O) groups is 2. The highest BCUT2D eigenvalue weighted by atomic mass is 32.2. The summed E-state index contributed by atoms with van der Waals surface area (Å²) in [6, 6.07) is 26.5. The highest BCUT2D eigenvalue weighted by Gasteiger charge is 2.56. The monoisotopic (exact) mass is 500 g/mol. The molecule has 0 aliphatic carbocycles. The molecule has 8 heteroatoms. The van der Waals surface area contributed by atoms with E-state index < -0.39 is 17.1 Å². The lowest BCUT2D eigenvalue weighted by Crippen LogP contribution is -2.32. The Hall–Kier alpha value is -3.62. The number of para-hydroxylation sites is 1. The SMILES string of the molecule is O=C1[C@H]2[C@H](c3cccc(OCc4ccccc4)c3)c3sc(=O)[nH]c3S[C@H]2C(=O)N1c1ccccc1. The molecule has 2 aliphatic rings. The number of H-pyrrole nitrogens is 1. The molecule has 35 heavy (non-hydrogen) atoms. The molecule has 6 nitrogen and oxygen atoms in total. The molecule has 2 aliphatic heterocycles. The first kappa shape index (κ1) is 21.9. The van der Waals surface area contributed by atoms with Crippen LogP contribution in [0.4, 0.5) is 5.69 Å². The number of carbonyl (C=O) groups excluding carboxylic acids is 2. The van der Waals surface area contributed by atoms with Gasteiger partial charge in [-0.25, -0.2) is 4.90 Å². The van der Waals surface area contributed by atoms with Gasteiger partial charge in [0.2, 0.25) is 11.8 Å². The molecule has 4 aromatic rings. The Kier molecular flexibility index (Phi) is 5.54. The Balaban J connectivity index is 1.39. The number of aromatic nitrogens is 1. The number of nitrogens with zero attached hydrogens (tertiary/aromatic N) is 1. The van der Waals surface area contributed by atoms with Gasteiger partial charge in [-0.3, -0.25) is 14.4 Å². The molecule has 3 heterocycles. The molecular weight excluding hydrogens is 480 g/mol. The van der Waals surface area contributed by atoms with Gasteiger partial charge in [0.15, 0.2) is 0 Å². The fourth-order valence-corrected chi connectivity index (χ4v) is 7.26. The van der Waals surface area contributed by atoms with Crippen molar-refractivity contribution in [3.05, 3.63) is 111 Å². The number of ether oxygens (including phenoxy) is 1. The van der Waals surface area contributed by atoms with Gasteiger partial charge in [-0.05, 0) is 35.4 Å². The van der Waals surface area contributed by atoms with Crippen LogP contribution in [0.25, 0.3) is 0 Å². The van der Waals surface area contributed by atoms with E-state index in [2.05, 4.69) is 4.98 Å². The van der Waals surface area contributed by atoms with E-state index in [1.54, 1.807) is 12.1 Å². The molecule has 0 spiro atoms. The lowest BCUT2D eigenvalue weighted by Gasteiger charge is -2.30. The summed E-state index contributed by atoms with van der Waals surface area (Å²) in [7, 11) is 0. The number of benzene rings is 3. The number of anilines is 1. The van der Waals surface area contributed by atoms with E-state index in [-0.39, 0.29) is 16.7 Å². The lowest BCUT2D eigenvalue weighted by molar-refractivity contribution is -0.122. The molecule has 1 fully saturated rings. The molecule has 0 unspecified atom stereocenters. The van der Waals surface area contributed by atoms with Crippen molar-refractivity contribution < 1.29 is 14.3 Å². The molecule has 1 saturated heterocycles. The third-order valence-corrected chi connectivity index (χ3v) is 8.70. The van der Waals surface area contributed by atoms with Gasteiger partial charge in [0.05, 0.1) is 16.6 Å². The van der Waals surface area contributed by atoms with Crippen molar-refractivity contribution in [2.75, 3.05) is 4.90 Å². The zero-order valence-electron chi connectivity index (χ0n) is 18.4. The van der Waals surface area contributed by atoms with Gasteiger partial charge in [0, 0.05) is 10.8 Å². The number of imide groups is 1. The maximum atomic E-state index is 13.7. The van der Waals surface area contributed by atoms with E-state index >= 15 is 0 Å². The average molecular weight is 501 g/mol. The molecule has 1 N–H and O–H groups in total. The Morgan fingerprint density at radius 3 is 2.37 bits per heavy atom. The molecule has 3 aromatic carbocycles. The average Bonchev–Trinajstić information content (AvgIpc) is 3.38. The van der Waals surface area contributed by atoms with Gasteiger partial charge in [-0.1, -0.05) is 83.8 Å². The normalized spacial score (nSPS) is 21.0. The number of rotatable bonds is 5. The predicted octanol–water partition coefficient (Wildman–Crippen LogP) is 4.81. The van der Waals surface area contributed by atoms with Gasteiger partial charge in [-0.15, -0.1) is 0 Å². The fraction of sp³-hybridized carbons (Fsp3) is 0.148. The van der Waals surface area contributed by atoms with E-state index in [4.69, 9.17) is 4.74 Å². The Morgan fingerprint density at radius 1 is 0.857 bits per heavy atom. The molecule has 6 rings (SSSR count). The highest BCUT2D eigenvalue weighted by Crippen LogP contribution is 2.53. The van der Waals surface area contributed by atoms with Gasteiger partial charge in [0.25, 0.3) is 0 Å². The molecule has 3 atom stereocenters. The number of aromatic amines is 1. The van der Waals surface area contributed by atoms with Crippen LogP contribution < -0.4 is 14.5 Å². The summed E-state index contributed by atoms with van der Waals surface area (Å²) in [5.74, 6) is -0.870. The second-order valence-corrected chi connectivity index (χ2v) is 10.6. The zero-order chi connectivity index (χ0) is 23.9. The molecular formula is C27H20N2O4S2. The largest absolute Gasteiger partial charge is 0.489 e. The van der Waals surface area contributed by atoms with Crippen LogP contribution in [0.15, 0.2) is 94.7 Å². The lowest BCUT2D eigenvalue weighted by atomic mass is 9.83. The number of thioether (sulfide) groups is 1. The van der Waals surface area contributed by atoms with E-state index in [0.29, 0.717) is 23.1 Å². The van der Waals surface area contributed by atoms with Crippen LogP contribution >= 0.6 is 23.1 Å². The molecule has 0 bridgehead atoms. The summed E-state index contributed by atoms with van der Waals surface area (Å²) in [4.78, 5) is 44.2. The van der Waals surface area contributed by atoms with E-state index in [0.717, 1.165) is 27.3 Å². The first-order valence-electron chi connectivity index (χ1n) is 11.2. The van der Waals surface area contributed by atoms with Gasteiger partial charge in [-0.2, -0.15) is 0 Å². The Labute approximate surface area is 209 Å². The number of hydrogen-bond donors (Lipinski definition) is 1. The zero-order valence-corrected chi connectivity index (χ0v) is 20.1. The van der Waals surface area contributed by atoms with Crippen molar-refractivity contribution in [2.45, 2.75) is 22.8 Å². The van der Waals surface area contributed by atoms with Crippen LogP contribution in [0.5, 0.6) is 5.75 Å². The van der Waals surface area contributed by atoms with Crippen LogP contribution in [-0.2, 0) is 16.2 Å².